The van der Waals surface area contributed by atoms with E-state index in [4.69, 9.17) is 4.74 Å². The predicted octanol–water partition coefficient (Wildman–Crippen LogP) is 3.64. The summed E-state index contributed by atoms with van der Waals surface area (Å²) in [7, 11) is 0. The molecule has 1 rings (SSSR count). The molecule has 1 aliphatic carbocycles. The minimum absolute atomic E-state index is 0.0833. The third-order valence-corrected chi connectivity index (χ3v) is 3.07. The topological polar surface area (TPSA) is 18.5 Å². The fraction of sp³-hybridized carbons (Fsp3) is 1.00. The molecule has 1 fully saturated rings. The molecule has 0 bridgehead atoms. The van der Waals surface area contributed by atoms with Gasteiger partial charge in [0, 0.05) is 0 Å². The van der Waals surface area contributed by atoms with Crippen molar-refractivity contribution in [3.05, 3.63) is 0 Å². The van der Waals surface area contributed by atoms with Crippen molar-refractivity contribution in [1.82, 2.24) is 0 Å². The van der Waals surface area contributed by atoms with Gasteiger partial charge in [-0.05, 0) is 28.8 Å². The van der Waals surface area contributed by atoms with Gasteiger partial charge in [0.15, 0.2) is 0 Å². The zero-order chi connectivity index (χ0) is 12.0. The van der Waals surface area contributed by atoms with Gasteiger partial charge in [0.25, 0.3) is 0 Å². The lowest BCUT2D eigenvalue weighted by Crippen LogP contribution is -2.31. The van der Waals surface area contributed by atoms with Gasteiger partial charge in [-0.3, -0.25) is 0 Å². The molecule has 2 nitrogen and oxygen atoms in total. The molecule has 0 spiro atoms. The van der Waals surface area contributed by atoms with E-state index < -0.39 is 11.2 Å². The number of hydrogen-bond acceptors (Lipinski definition) is 2. The molecule has 1 unspecified atom stereocenters. The standard InChI is InChI=1S/C10H16BrF3O2/c11-9(12)10(13,14)16-7-6-15-8-4-2-1-3-5-8/h8-9H,1-7H2. The van der Waals surface area contributed by atoms with E-state index >= 15 is 0 Å². The first kappa shape index (κ1) is 14.3. The van der Waals surface area contributed by atoms with Crippen LogP contribution in [0, 0.1) is 0 Å². The summed E-state index contributed by atoms with van der Waals surface area (Å²) in [6.07, 6.45) is 1.76. The van der Waals surface area contributed by atoms with Crippen LogP contribution in [0.15, 0.2) is 0 Å². The number of hydrogen-bond donors (Lipinski definition) is 0. The summed E-state index contributed by atoms with van der Waals surface area (Å²) in [5.74, 6) is 0. The van der Waals surface area contributed by atoms with Crippen LogP contribution in [0.1, 0.15) is 32.1 Å². The van der Waals surface area contributed by atoms with E-state index in [0.29, 0.717) is 0 Å². The summed E-state index contributed by atoms with van der Waals surface area (Å²) in [6.45, 7) is -0.213. The summed E-state index contributed by atoms with van der Waals surface area (Å²) in [5.41, 5.74) is 0. The normalized spacial score (nSPS) is 21.0. The van der Waals surface area contributed by atoms with Crippen molar-refractivity contribution in [3.8, 4) is 0 Å². The van der Waals surface area contributed by atoms with Gasteiger partial charge in [0.1, 0.15) is 0 Å². The minimum atomic E-state index is -3.78. The Kier molecular flexibility index (Phi) is 6.07. The van der Waals surface area contributed by atoms with E-state index in [0.717, 1.165) is 25.7 Å². The van der Waals surface area contributed by atoms with Crippen molar-refractivity contribution in [2.45, 2.75) is 49.4 Å². The van der Waals surface area contributed by atoms with Gasteiger partial charge in [-0.25, -0.2) is 4.39 Å². The summed E-state index contributed by atoms with van der Waals surface area (Å²) in [4.78, 5) is 0. The Bertz CT molecular complexity index is 197. The Morgan fingerprint density at radius 2 is 1.81 bits per heavy atom. The predicted molar refractivity (Wildman–Crippen MR) is 57.5 cm³/mol. The molecule has 0 aromatic carbocycles. The molecule has 16 heavy (non-hydrogen) atoms. The molecule has 0 aromatic heterocycles. The Hall–Kier alpha value is 0.190. The smallest absolute Gasteiger partial charge is 0.376 e. The third-order valence-electron chi connectivity index (χ3n) is 2.54. The highest BCUT2D eigenvalue weighted by atomic mass is 79.9. The third kappa shape index (κ3) is 5.01. The van der Waals surface area contributed by atoms with Crippen LogP contribution < -0.4 is 0 Å². The molecule has 0 amide bonds. The van der Waals surface area contributed by atoms with Crippen molar-refractivity contribution >= 4 is 15.9 Å². The average Bonchev–Trinajstić information content (AvgIpc) is 2.26. The van der Waals surface area contributed by atoms with Crippen molar-refractivity contribution < 1.29 is 22.6 Å². The monoisotopic (exact) mass is 304 g/mol. The van der Waals surface area contributed by atoms with Gasteiger partial charge in [-0.2, -0.15) is 8.78 Å². The molecule has 96 valence electrons. The number of rotatable bonds is 6. The van der Waals surface area contributed by atoms with Gasteiger partial charge in [0.05, 0.1) is 19.3 Å². The first-order valence-corrected chi connectivity index (χ1v) is 6.35. The van der Waals surface area contributed by atoms with Crippen LogP contribution in [0.25, 0.3) is 0 Å². The maximum atomic E-state index is 12.6. The van der Waals surface area contributed by atoms with Crippen LogP contribution in [0.2, 0.25) is 0 Å². The van der Waals surface area contributed by atoms with E-state index in [-0.39, 0.29) is 19.3 Å². The van der Waals surface area contributed by atoms with E-state index in [1.807, 2.05) is 0 Å². The lowest BCUT2D eigenvalue weighted by atomic mass is 9.98. The van der Waals surface area contributed by atoms with Gasteiger partial charge < -0.3 is 9.47 Å². The van der Waals surface area contributed by atoms with Crippen LogP contribution in [0.4, 0.5) is 13.2 Å². The lowest BCUT2D eigenvalue weighted by molar-refractivity contribution is -0.258. The second-order valence-corrected chi connectivity index (χ2v) is 4.65. The molecule has 0 radical (unpaired) electrons. The molecule has 0 saturated heterocycles. The molecule has 1 saturated carbocycles. The number of halogens is 4. The van der Waals surface area contributed by atoms with Crippen LogP contribution in [-0.4, -0.2) is 30.5 Å². The first-order chi connectivity index (χ1) is 7.52. The van der Waals surface area contributed by atoms with E-state index in [1.165, 1.54) is 6.42 Å². The fourth-order valence-electron chi connectivity index (χ4n) is 1.69. The molecule has 6 heteroatoms. The van der Waals surface area contributed by atoms with Crippen molar-refractivity contribution in [2.75, 3.05) is 13.2 Å². The Morgan fingerprint density at radius 3 is 2.38 bits per heavy atom. The molecule has 0 N–H and O–H groups in total. The second-order valence-electron chi connectivity index (χ2n) is 3.84. The Labute approximate surface area is 102 Å². The molecule has 0 aromatic rings. The molecule has 0 heterocycles. The molecule has 0 aliphatic heterocycles. The van der Waals surface area contributed by atoms with Crippen molar-refractivity contribution in [3.63, 3.8) is 0 Å². The number of alkyl halides is 4. The highest BCUT2D eigenvalue weighted by Crippen LogP contribution is 2.27. The van der Waals surface area contributed by atoms with Gasteiger partial charge in [-0.1, -0.05) is 19.3 Å². The van der Waals surface area contributed by atoms with Crippen molar-refractivity contribution in [1.29, 1.82) is 0 Å². The largest absolute Gasteiger partial charge is 0.397 e. The molecular weight excluding hydrogens is 289 g/mol. The van der Waals surface area contributed by atoms with E-state index in [9.17, 15) is 13.2 Å². The zero-order valence-electron chi connectivity index (χ0n) is 8.93. The summed E-state index contributed by atoms with van der Waals surface area (Å²) < 4.78 is 47.0. The molecular formula is C10H16BrF3O2. The van der Waals surface area contributed by atoms with E-state index in [1.54, 1.807) is 0 Å². The Balaban J connectivity index is 2.06. The first-order valence-electron chi connectivity index (χ1n) is 5.44. The van der Waals surface area contributed by atoms with Gasteiger partial charge in [-0.15, -0.1) is 0 Å². The number of ether oxygens (including phenoxy) is 2. The maximum absolute atomic E-state index is 12.6. The second kappa shape index (κ2) is 6.81. The Morgan fingerprint density at radius 1 is 1.19 bits per heavy atom. The summed E-state index contributed by atoms with van der Waals surface area (Å²) >= 11 is 2.14. The van der Waals surface area contributed by atoms with Crippen molar-refractivity contribution in [2.24, 2.45) is 0 Å². The lowest BCUT2D eigenvalue weighted by Gasteiger charge is -2.23. The van der Waals surface area contributed by atoms with Crippen LogP contribution in [0.5, 0.6) is 0 Å². The fourth-order valence-corrected chi connectivity index (χ4v) is 1.82. The van der Waals surface area contributed by atoms with Gasteiger partial charge >= 0.3 is 6.11 Å². The minimum Gasteiger partial charge on any atom is -0.376 e. The summed E-state index contributed by atoms with van der Waals surface area (Å²) in [6, 6.07) is 0. The summed E-state index contributed by atoms with van der Waals surface area (Å²) in [5, 5.41) is -2.48. The van der Waals surface area contributed by atoms with Crippen LogP contribution in [0.3, 0.4) is 0 Å². The molecule has 1 atom stereocenters. The maximum Gasteiger partial charge on any atom is 0.397 e. The highest BCUT2D eigenvalue weighted by molar-refractivity contribution is 9.09. The van der Waals surface area contributed by atoms with Crippen LogP contribution >= 0.6 is 15.9 Å². The van der Waals surface area contributed by atoms with Gasteiger partial charge in [0.2, 0.25) is 5.08 Å². The molecule has 1 aliphatic rings. The zero-order valence-corrected chi connectivity index (χ0v) is 10.5. The highest BCUT2D eigenvalue weighted by Gasteiger charge is 2.39. The quantitative estimate of drug-likeness (QED) is 0.551. The SMILES string of the molecule is FC(Br)C(F)(F)OCCOC1CCCCC1. The van der Waals surface area contributed by atoms with E-state index in [2.05, 4.69) is 20.7 Å². The average molecular weight is 305 g/mol. The van der Waals surface area contributed by atoms with Crippen LogP contribution in [-0.2, 0) is 9.47 Å².